The molecule has 0 saturated heterocycles. The van der Waals surface area contributed by atoms with Crippen molar-refractivity contribution in [2.75, 3.05) is 7.11 Å². The van der Waals surface area contributed by atoms with E-state index in [2.05, 4.69) is 27.6 Å². The van der Waals surface area contributed by atoms with Crippen molar-refractivity contribution >= 4 is 22.6 Å². The van der Waals surface area contributed by atoms with Crippen LogP contribution in [0.5, 0.6) is 11.5 Å². The number of halogens is 1. The fraction of sp³-hybridized carbons (Fsp3) is 0.267. The van der Waals surface area contributed by atoms with Crippen molar-refractivity contribution in [2.45, 2.75) is 20.5 Å². The van der Waals surface area contributed by atoms with Gasteiger partial charge in [0.1, 0.15) is 18.1 Å². The molecule has 0 bridgehead atoms. The second kappa shape index (κ2) is 6.23. The second-order valence-electron chi connectivity index (χ2n) is 4.29. The molecule has 0 aliphatic heterocycles. The average Bonchev–Trinajstić information content (AvgIpc) is 2.38. The first kappa shape index (κ1) is 14.1. The highest BCUT2D eigenvalue weighted by molar-refractivity contribution is 14.1. The molecular formula is C15H16INO2. The van der Waals surface area contributed by atoms with E-state index in [1.807, 2.05) is 44.3 Å². The third-order valence-corrected chi connectivity index (χ3v) is 3.59. The van der Waals surface area contributed by atoms with Crippen LogP contribution in [0.2, 0.25) is 0 Å². The Labute approximate surface area is 127 Å². The number of hydrogen-bond acceptors (Lipinski definition) is 3. The molecule has 0 fully saturated rings. The summed E-state index contributed by atoms with van der Waals surface area (Å²) in [7, 11) is 1.68. The highest BCUT2D eigenvalue weighted by Crippen LogP contribution is 2.25. The van der Waals surface area contributed by atoms with Gasteiger partial charge in [0.25, 0.3) is 0 Å². The summed E-state index contributed by atoms with van der Waals surface area (Å²) in [5.74, 6) is 1.74. The summed E-state index contributed by atoms with van der Waals surface area (Å²) in [6.07, 6.45) is 1.82. The van der Waals surface area contributed by atoms with Crippen LogP contribution in [-0.4, -0.2) is 12.1 Å². The number of rotatable bonds is 4. The van der Waals surface area contributed by atoms with E-state index in [0.29, 0.717) is 6.61 Å². The lowest BCUT2D eigenvalue weighted by Gasteiger charge is -2.13. The molecule has 0 unspecified atom stereocenters. The monoisotopic (exact) mass is 369 g/mol. The van der Waals surface area contributed by atoms with Gasteiger partial charge in [-0.2, -0.15) is 0 Å². The summed E-state index contributed by atoms with van der Waals surface area (Å²) in [5, 5.41) is 0. The van der Waals surface area contributed by atoms with Gasteiger partial charge in [-0.25, -0.2) is 0 Å². The highest BCUT2D eigenvalue weighted by atomic mass is 127. The predicted molar refractivity (Wildman–Crippen MR) is 83.8 cm³/mol. The Hall–Kier alpha value is -1.30. The van der Waals surface area contributed by atoms with Crippen molar-refractivity contribution in [1.82, 2.24) is 4.98 Å². The number of aromatic nitrogens is 1. The molecule has 3 nitrogen and oxygen atoms in total. The Morgan fingerprint density at radius 2 is 2.05 bits per heavy atom. The maximum atomic E-state index is 5.77. The van der Waals surface area contributed by atoms with Crippen LogP contribution in [0.3, 0.4) is 0 Å². The van der Waals surface area contributed by atoms with E-state index in [4.69, 9.17) is 9.47 Å². The van der Waals surface area contributed by atoms with Crippen molar-refractivity contribution < 1.29 is 9.47 Å². The maximum Gasteiger partial charge on any atom is 0.131 e. The molecule has 0 aliphatic carbocycles. The normalized spacial score (nSPS) is 10.3. The van der Waals surface area contributed by atoms with Gasteiger partial charge in [0.05, 0.1) is 12.8 Å². The van der Waals surface area contributed by atoms with Crippen LogP contribution in [-0.2, 0) is 6.61 Å². The molecule has 0 saturated carbocycles. The first-order valence-corrected chi connectivity index (χ1v) is 7.07. The van der Waals surface area contributed by atoms with Crippen molar-refractivity contribution in [3.05, 3.63) is 50.9 Å². The van der Waals surface area contributed by atoms with Gasteiger partial charge in [-0.1, -0.05) is 6.07 Å². The molecule has 0 radical (unpaired) electrons. The summed E-state index contributed by atoms with van der Waals surface area (Å²) in [4.78, 5) is 4.42. The molecular weight excluding hydrogens is 353 g/mol. The summed E-state index contributed by atoms with van der Waals surface area (Å²) < 4.78 is 12.3. The maximum absolute atomic E-state index is 5.77. The summed E-state index contributed by atoms with van der Waals surface area (Å²) >= 11 is 2.27. The van der Waals surface area contributed by atoms with Crippen LogP contribution in [0.1, 0.15) is 16.8 Å². The Bertz CT molecular complexity index is 584. The van der Waals surface area contributed by atoms with Crippen LogP contribution in [0.25, 0.3) is 0 Å². The van der Waals surface area contributed by atoms with Gasteiger partial charge < -0.3 is 9.47 Å². The first-order chi connectivity index (χ1) is 9.11. The van der Waals surface area contributed by atoms with Gasteiger partial charge in [0.15, 0.2) is 0 Å². The average molecular weight is 369 g/mol. The molecule has 1 heterocycles. The molecule has 2 aromatic rings. The molecule has 1 aromatic carbocycles. The van der Waals surface area contributed by atoms with Crippen LogP contribution in [0, 0.1) is 17.4 Å². The Balaban J connectivity index is 2.16. The highest BCUT2D eigenvalue weighted by Gasteiger charge is 2.09. The molecule has 0 atom stereocenters. The molecule has 19 heavy (non-hydrogen) atoms. The fourth-order valence-corrected chi connectivity index (χ4v) is 2.44. The number of methoxy groups -OCH3 is 1. The molecule has 0 amide bonds. The number of ether oxygens (including phenoxy) is 2. The van der Waals surface area contributed by atoms with Gasteiger partial charge in [-0.3, -0.25) is 4.98 Å². The lowest BCUT2D eigenvalue weighted by molar-refractivity contribution is 0.298. The van der Waals surface area contributed by atoms with Gasteiger partial charge in [-0.15, -0.1) is 0 Å². The van der Waals surface area contributed by atoms with Crippen molar-refractivity contribution in [3.8, 4) is 11.5 Å². The minimum atomic E-state index is 0.447. The van der Waals surface area contributed by atoms with Crippen molar-refractivity contribution in [2.24, 2.45) is 0 Å². The van der Waals surface area contributed by atoms with Crippen molar-refractivity contribution in [1.29, 1.82) is 0 Å². The number of hydrogen-bond donors (Lipinski definition) is 0. The van der Waals surface area contributed by atoms with Gasteiger partial charge in [-0.05, 0) is 54.6 Å². The van der Waals surface area contributed by atoms with Crippen LogP contribution < -0.4 is 9.47 Å². The predicted octanol–water partition coefficient (Wildman–Crippen LogP) is 3.89. The summed E-state index contributed by atoms with van der Waals surface area (Å²) in [6.45, 7) is 4.44. The van der Waals surface area contributed by atoms with Gasteiger partial charge in [0.2, 0.25) is 0 Å². The molecule has 4 heteroatoms. The molecule has 1 aromatic heterocycles. The smallest absolute Gasteiger partial charge is 0.131 e. The van der Waals surface area contributed by atoms with E-state index >= 15 is 0 Å². The molecule has 0 spiro atoms. The zero-order valence-electron chi connectivity index (χ0n) is 11.2. The van der Waals surface area contributed by atoms with Crippen LogP contribution in [0.15, 0.2) is 30.5 Å². The topological polar surface area (TPSA) is 31.4 Å². The quantitative estimate of drug-likeness (QED) is 0.767. The fourth-order valence-electron chi connectivity index (χ4n) is 1.93. The summed E-state index contributed by atoms with van der Waals surface area (Å²) in [5.41, 5.74) is 2.98. The Morgan fingerprint density at radius 1 is 1.26 bits per heavy atom. The molecule has 100 valence electrons. The lowest BCUT2D eigenvalue weighted by atomic mass is 10.1. The Morgan fingerprint density at radius 3 is 2.74 bits per heavy atom. The lowest BCUT2D eigenvalue weighted by Crippen LogP contribution is -2.04. The second-order valence-corrected chi connectivity index (χ2v) is 5.54. The third kappa shape index (κ3) is 3.37. The minimum absolute atomic E-state index is 0.447. The number of benzene rings is 1. The van der Waals surface area contributed by atoms with Gasteiger partial charge >= 0.3 is 0 Å². The van der Waals surface area contributed by atoms with E-state index in [1.54, 1.807) is 7.11 Å². The standard InChI is InChI=1S/C15H16INO2/c1-10-8-17-14(11(2)15(10)18-3)9-19-13-6-4-5-12(16)7-13/h4-8H,9H2,1-3H3. The SMILES string of the molecule is COc1c(C)cnc(COc2cccc(I)c2)c1C. The first-order valence-electron chi connectivity index (χ1n) is 5.99. The number of nitrogens with zero attached hydrogens (tertiary/aromatic N) is 1. The molecule has 0 N–H and O–H groups in total. The number of pyridine rings is 1. The van der Waals surface area contributed by atoms with E-state index in [-0.39, 0.29) is 0 Å². The van der Waals surface area contributed by atoms with Gasteiger partial charge in [0, 0.05) is 20.9 Å². The zero-order valence-corrected chi connectivity index (χ0v) is 13.4. The van der Waals surface area contributed by atoms with E-state index < -0.39 is 0 Å². The summed E-state index contributed by atoms with van der Waals surface area (Å²) in [6, 6.07) is 7.96. The number of aryl methyl sites for hydroxylation is 1. The molecule has 0 aliphatic rings. The van der Waals surface area contributed by atoms with Crippen LogP contribution >= 0.6 is 22.6 Å². The van der Waals surface area contributed by atoms with E-state index in [0.717, 1.165) is 31.9 Å². The Kier molecular flexibility index (Phi) is 4.63. The van der Waals surface area contributed by atoms with E-state index in [9.17, 15) is 0 Å². The largest absolute Gasteiger partial charge is 0.496 e. The molecule has 2 rings (SSSR count). The van der Waals surface area contributed by atoms with Crippen molar-refractivity contribution in [3.63, 3.8) is 0 Å². The minimum Gasteiger partial charge on any atom is -0.496 e. The van der Waals surface area contributed by atoms with Crippen LogP contribution in [0.4, 0.5) is 0 Å². The third-order valence-electron chi connectivity index (χ3n) is 2.92. The van der Waals surface area contributed by atoms with E-state index in [1.165, 1.54) is 0 Å². The zero-order chi connectivity index (χ0) is 13.8.